The van der Waals surface area contributed by atoms with Crippen LogP contribution in [0.4, 0.5) is 0 Å². The zero-order chi connectivity index (χ0) is 27.9. The quantitative estimate of drug-likeness (QED) is 0.321. The Bertz CT molecular complexity index is 987. The van der Waals surface area contributed by atoms with E-state index in [1.54, 1.807) is 0 Å². The first-order valence-corrected chi connectivity index (χ1v) is 15.5. The Labute approximate surface area is 240 Å². The van der Waals surface area contributed by atoms with Crippen molar-refractivity contribution < 1.29 is 19.1 Å². The zero-order valence-electron chi connectivity index (χ0n) is 24.1. The highest BCUT2D eigenvalue weighted by molar-refractivity contribution is 5.88. The first-order chi connectivity index (χ1) is 19.6. The standard InChI is InChI=1S/C34H48N2O4/c37-31(25-40-30-21-17-13-9-5-2-6-10-14-18-22-30)36-34-26-33(27-34,28-34)32(38)35-23-24-39-29-19-15-11-7-3-1-4-8-12-16-20-29/h2,5-6,9-10,13-14,17-18,21-22,29H,1,3-4,7-8,11-12,15-16,19-20,23-28H2,(H,35,38)(H,36,37)/b5-2-,6-2?,9-5?,10-6-,13-9-,14-10?,17-13?,18-14-,21-17?,22-18?,30-21?,30-22?. The van der Waals surface area contributed by atoms with Gasteiger partial charge in [0.25, 0.3) is 5.91 Å². The van der Waals surface area contributed by atoms with Crippen LogP contribution in [-0.4, -0.2) is 43.2 Å². The lowest BCUT2D eigenvalue weighted by atomic mass is 9.39. The van der Waals surface area contributed by atoms with E-state index in [-0.39, 0.29) is 29.4 Å². The largest absolute Gasteiger partial charge is 0.484 e. The summed E-state index contributed by atoms with van der Waals surface area (Å²) in [5, 5.41) is 6.21. The number of rotatable bonds is 9. The molecule has 4 saturated carbocycles. The summed E-state index contributed by atoms with van der Waals surface area (Å²) in [4.78, 5) is 25.5. The van der Waals surface area contributed by atoms with E-state index in [4.69, 9.17) is 9.47 Å². The molecule has 0 unspecified atom stereocenters. The van der Waals surface area contributed by atoms with Gasteiger partial charge in [-0.2, -0.15) is 0 Å². The number of amides is 2. The summed E-state index contributed by atoms with van der Waals surface area (Å²) in [6, 6.07) is 0. The fraction of sp³-hybridized carbons (Fsp3) is 0.588. The average Bonchev–Trinajstić information content (AvgIpc) is 2.88. The molecular formula is C34H48N2O4. The molecular weight excluding hydrogens is 500 g/mol. The van der Waals surface area contributed by atoms with Gasteiger partial charge in [0.15, 0.2) is 6.61 Å². The smallest absolute Gasteiger partial charge is 0.258 e. The van der Waals surface area contributed by atoms with E-state index in [9.17, 15) is 9.59 Å². The van der Waals surface area contributed by atoms with Crippen LogP contribution in [-0.2, 0) is 19.1 Å². The topological polar surface area (TPSA) is 76.7 Å². The Morgan fingerprint density at radius 3 is 1.93 bits per heavy atom. The van der Waals surface area contributed by atoms with Gasteiger partial charge in [-0.05, 0) is 44.3 Å². The van der Waals surface area contributed by atoms with Crippen molar-refractivity contribution in [3.05, 3.63) is 72.6 Å². The summed E-state index contributed by atoms with van der Waals surface area (Å²) in [5.41, 5.74) is -0.572. The second-order valence-electron chi connectivity index (χ2n) is 11.9. The van der Waals surface area contributed by atoms with Crippen LogP contribution in [0.3, 0.4) is 0 Å². The lowest BCUT2D eigenvalue weighted by Crippen LogP contribution is -2.78. The molecule has 5 aliphatic rings. The van der Waals surface area contributed by atoms with Gasteiger partial charge in [0.05, 0.1) is 18.1 Å². The molecule has 6 nitrogen and oxygen atoms in total. The van der Waals surface area contributed by atoms with Crippen LogP contribution >= 0.6 is 0 Å². The van der Waals surface area contributed by atoms with Crippen LogP contribution in [0.1, 0.15) is 89.9 Å². The number of carbonyl (C=O) groups excluding carboxylic acids is 2. The number of nitrogens with one attached hydrogen (secondary N) is 2. The molecule has 2 amide bonds. The first kappa shape index (κ1) is 30.1. The predicted octanol–water partition coefficient (Wildman–Crippen LogP) is 6.53. The fourth-order valence-corrected chi connectivity index (χ4v) is 6.41. The van der Waals surface area contributed by atoms with Crippen molar-refractivity contribution in [1.29, 1.82) is 0 Å². The van der Waals surface area contributed by atoms with Crippen LogP contribution in [0.25, 0.3) is 0 Å². The Kier molecular flexibility index (Phi) is 11.9. The zero-order valence-corrected chi connectivity index (χ0v) is 24.1. The highest BCUT2D eigenvalue weighted by atomic mass is 16.5. The number of ether oxygens (including phenoxy) is 2. The van der Waals surface area contributed by atoms with E-state index in [2.05, 4.69) is 10.6 Å². The second kappa shape index (κ2) is 15.8. The van der Waals surface area contributed by atoms with Crippen LogP contribution in [0.15, 0.2) is 72.6 Å². The van der Waals surface area contributed by atoms with E-state index >= 15 is 0 Å². The maximum Gasteiger partial charge on any atom is 0.258 e. The Hall–Kier alpha value is -2.86. The van der Waals surface area contributed by atoms with E-state index < -0.39 is 0 Å². The van der Waals surface area contributed by atoms with Gasteiger partial charge in [-0.15, -0.1) is 0 Å². The maximum absolute atomic E-state index is 12.9. The molecule has 0 aliphatic heterocycles. The van der Waals surface area contributed by atoms with Crippen LogP contribution in [0, 0.1) is 5.41 Å². The minimum atomic E-state index is -0.320. The SMILES string of the molecule is O=C(COC1=C\C=C/C=C\C=C/C=C\C=C1)NC12CC(C(=O)NCCOC3CCCCCCCCCCC3)(C1)C2. The van der Waals surface area contributed by atoms with Gasteiger partial charge in [-0.1, -0.05) is 112 Å². The Morgan fingerprint density at radius 2 is 1.30 bits per heavy atom. The van der Waals surface area contributed by atoms with Gasteiger partial charge in [0.1, 0.15) is 5.76 Å². The van der Waals surface area contributed by atoms with Crippen molar-refractivity contribution in [2.24, 2.45) is 5.41 Å². The van der Waals surface area contributed by atoms with Crippen molar-refractivity contribution in [1.82, 2.24) is 10.6 Å². The van der Waals surface area contributed by atoms with Crippen molar-refractivity contribution in [3.8, 4) is 0 Å². The molecule has 218 valence electrons. The fourth-order valence-electron chi connectivity index (χ4n) is 6.41. The third kappa shape index (κ3) is 9.36. The molecule has 0 saturated heterocycles. The molecule has 0 spiro atoms. The molecule has 6 heteroatoms. The highest BCUT2D eigenvalue weighted by Gasteiger charge is 2.72. The maximum atomic E-state index is 12.9. The van der Waals surface area contributed by atoms with Crippen molar-refractivity contribution in [3.63, 3.8) is 0 Å². The molecule has 0 atom stereocenters. The van der Waals surface area contributed by atoms with E-state index in [0.29, 0.717) is 44.3 Å². The van der Waals surface area contributed by atoms with Crippen molar-refractivity contribution >= 4 is 11.8 Å². The number of hydrogen-bond donors (Lipinski definition) is 2. The summed E-state index contributed by atoms with van der Waals surface area (Å²) in [6.07, 6.45) is 37.6. The molecule has 40 heavy (non-hydrogen) atoms. The summed E-state index contributed by atoms with van der Waals surface area (Å²) in [6.45, 7) is 1.08. The molecule has 0 heterocycles. The van der Waals surface area contributed by atoms with Gasteiger partial charge in [0, 0.05) is 12.1 Å². The van der Waals surface area contributed by atoms with Crippen LogP contribution in [0.2, 0.25) is 0 Å². The normalized spacial score (nSPS) is 30.6. The molecule has 5 rings (SSSR count). The third-order valence-corrected chi connectivity index (χ3v) is 8.49. The molecule has 0 aromatic carbocycles. The predicted molar refractivity (Wildman–Crippen MR) is 160 cm³/mol. The van der Waals surface area contributed by atoms with Gasteiger partial charge >= 0.3 is 0 Å². The lowest BCUT2D eigenvalue weighted by Gasteiger charge is -2.69. The van der Waals surface area contributed by atoms with Crippen LogP contribution < -0.4 is 10.6 Å². The van der Waals surface area contributed by atoms with Gasteiger partial charge in [0.2, 0.25) is 5.91 Å². The van der Waals surface area contributed by atoms with Crippen molar-refractivity contribution in [2.45, 2.75) is 102 Å². The van der Waals surface area contributed by atoms with Gasteiger partial charge in [-0.25, -0.2) is 0 Å². The first-order valence-electron chi connectivity index (χ1n) is 15.5. The average molecular weight is 549 g/mol. The summed E-state index contributed by atoms with van der Waals surface area (Å²) in [7, 11) is 0. The summed E-state index contributed by atoms with van der Waals surface area (Å²) >= 11 is 0. The van der Waals surface area contributed by atoms with Crippen LogP contribution in [0.5, 0.6) is 0 Å². The molecule has 0 aromatic rings. The second-order valence-corrected chi connectivity index (χ2v) is 11.9. The summed E-state index contributed by atoms with van der Waals surface area (Å²) in [5.74, 6) is 0.567. The third-order valence-electron chi connectivity index (χ3n) is 8.49. The Morgan fingerprint density at radius 1 is 0.750 bits per heavy atom. The molecule has 2 bridgehead atoms. The lowest BCUT2D eigenvalue weighted by molar-refractivity contribution is -0.184. The summed E-state index contributed by atoms with van der Waals surface area (Å²) < 4.78 is 11.9. The van der Waals surface area contributed by atoms with E-state index in [1.807, 2.05) is 66.8 Å². The highest BCUT2D eigenvalue weighted by Crippen LogP contribution is 2.67. The number of carbonyl (C=O) groups is 2. The molecule has 4 fully saturated rings. The van der Waals surface area contributed by atoms with E-state index in [0.717, 1.165) is 12.8 Å². The van der Waals surface area contributed by atoms with Gasteiger partial charge < -0.3 is 20.1 Å². The molecule has 0 radical (unpaired) electrons. The molecule has 5 aliphatic carbocycles. The minimum Gasteiger partial charge on any atom is -0.484 e. The van der Waals surface area contributed by atoms with Crippen molar-refractivity contribution in [2.75, 3.05) is 19.8 Å². The monoisotopic (exact) mass is 548 g/mol. The Balaban J connectivity index is 1.11. The van der Waals surface area contributed by atoms with E-state index in [1.165, 1.54) is 57.8 Å². The van der Waals surface area contributed by atoms with Gasteiger partial charge in [-0.3, -0.25) is 9.59 Å². The number of hydrogen-bond acceptors (Lipinski definition) is 4. The molecule has 2 N–H and O–H groups in total. The minimum absolute atomic E-state index is 0.0527. The molecule has 0 aromatic heterocycles. The number of allylic oxidation sites excluding steroid dienone is 11.